The maximum absolute atomic E-state index is 11.1. The van der Waals surface area contributed by atoms with E-state index in [2.05, 4.69) is 105 Å². The molecule has 14 aromatic rings. The molecule has 0 bridgehead atoms. The van der Waals surface area contributed by atoms with Crippen LogP contribution in [-0.2, 0) is 0 Å². The van der Waals surface area contributed by atoms with Gasteiger partial charge in [-0.2, -0.15) is 0 Å². The SMILES string of the molecule is COc1ccc(C)c(C(N)=O)c1.Cc1cc2c(N)cccc2cc1C(N)=O.Cc1cc2cnccc2cc1C(N)=O.Cc1ccc2cc(Cl)ccc2c1.Cc1ccc2ccc(Cl)cc2c1.Cc1cccc2cc(Cl)ccc12.Cc1cccc2ccc(Cl)cc12.Cc1ccccc1C(N)=O. The van der Waals surface area contributed by atoms with E-state index in [9.17, 15) is 19.2 Å². The van der Waals surface area contributed by atoms with Crippen molar-refractivity contribution in [3.8, 4) is 5.75 Å². The summed E-state index contributed by atoms with van der Waals surface area (Å²) in [6.07, 6.45) is 3.47. The number of nitrogen functional groups attached to an aromatic ring is 1. The Labute approximate surface area is 598 Å². The molecule has 0 aliphatic rings. The molecule has 10 N–H and O–H groups in total. The molecule has 15 heteroatoms. The molecule has 1 aromatic heterocycles. The molecule has 11 nitrogen and oxygen atoms in total. The summed E-state index contributed by atoms with van der Waals surface area (Å²) in [6, 6.07) is 76.4. The molecule has 4 amide bonds. The van der Waals surface area contributed by atoms with Crippen molar-refractivity contribution in [3.63, 3.8) is 0 Å². The van der Waals surface area contributed by atoms with E-state index < -0.39 is 11.8 Å². The molecule has 0 unspecified atom stereocenters. The molecule has 13 aromatic carbocycles. The fourth-order valence-corrected chi connectivity index (χ4v) is 11.3. The molecule has 14 rings (SSSR count). The zero-order valence-electron chi connectivity index (χ0n) is 56.6. The molecule has 0 fully saturated rings. The Morgan fingerprint density at radius 3 is 1.35 bits per heavy atom. The Hall–Kier alpha value is -10.8. The van der Waals surface area contributed by atoms with Gasteiger partial charge in [-0.3, -0.25) is 24.2 Å². The number of nitrogens with two attached hydrogens (primary N) is 5. The summed E-state index contributed by atoms with van der Waals surface area (Å²) < 4.78 is 4.95. The smallest absolute Gasteiger partial charge is 0.249 e. The predicted molar refractivity (Wildman–Crippen MR) is 417 cm³/mol. The lowest BCUT2D eigenvalue weighted by Gasteiger charge is -2.06. The van der Waals surface area contributed by atoms with E-state index >= 15 is 0 Å². The van der Waals surface area contributed by atoms with Crippen molar-refractivity contribution in [2.45, 2.75) is 55.4 Å². The topological polar surface area (TPSA) is 220 Å². The zero-order valence-corrected chi connectivity index (χ0v) is 59.6. The third-order valence-electron chi connectivity index (χ3n) is 15.9. The van der Waals surface area contributed by atoms with Crippen molar-refractivity contribution in [3.05, 3.63) is 336 Å². The Kier molecular flexibility index (Phi) is 27.5. The number of methoxy groups -OCH3 is 1. The minimum absolute atomic E-state index is 0.363. The van der Waals surface area contributed by atoms with Crippen LogP contribution in [0, 0.1) is 55.4 Å². The van der Waals surface area contributed by atoms with Gasteiger partial charge in [0.25, 0.3) is 0 Å². The number of amides is 4. The van der Waals surface area contributed by atoms with Gasteiger partial charge in [-0.15, -0.1) is 0 Å². The summed E-state index contributed by atoms with van der Waals surface area (Å²) in [7, 11) is 1.55. The summed E-state index contributed by atoms with van der Waals surface area (Å²) >= 11 is 23.5. The molecular formula is C84H78Cl4N6O5. The molecule has 0 aliphatic carbocycles. The second kappa shape index (κ2) is 36.0. The van der Waals surface area contributed by atoms with Crippen LogP contribution in [0.15, 0.2) is 249 Å². The van der Waals surface area contributed by atoms with Crippen LogP contribution in [-0.4, -0.2) is 35.7 Å². The number of anilines is 1. The highest BCUT2D eigenvalue weighted by Gasteiger charge is 2.10. The minimum atomic E-state index is -0.425. The molecule has 0 saturated heterocycles. The first kappa shape index (κ1) is 75.6. The average molecular weight is 1390 g/mol. The summed E-state index contributed by atoms with van der Waals surface area (Å²) in [6.45, 7) is 15.8. The molecular weight excluding hydrogens is 1310 g/mol. The number of rotatable bonds is 5. The number of ether oxygens (including phenoxy) is 1. The first-order valence-electron chi connectivity index (χ1n) is 31.3. The van der Waals surface area contributed by atoms with Gasteiger partial charge < -0.3 is 33.4 Å². The number of pyridine rings is 1. The standard InChI is InChI=1S/C12H12N2O.4C11H9Cl.C11H10N2O.C9H11NO2.C8H9NO/c1-7-5-10-8(3-2-4-11(10)13)6-9(7)12(14)15;1-8-2-3-10-7-11(12)5-4-9(10)6-8;1-8-2-3-9-4-5-11(12)7-10(9)6-8;1-8-3-2-4-9-7-10(12)5-6-11(8)9;1-8-3-2-4-9-5-6-10(12)7-11(8)9;1-7-4-9-6-13-3-2-8(9)5-10(7)11(12)14;1-6-3-4-7(12-2)5-8(6)9(10)11;1-6-4-2-3-5-7(6)8(9)10/h2-6H,13H2,1H3,(H2,14,15);4*2-7H,1H3;2-6H,1H3,(H2,12,14);3-5H,1-2H3,(H2,10,11);2-5H,1H3,(H2,9,10). The van der Waals surface area contributed by atoms with Gasteiger partial charge in [-0.25, -0.2) is 0 Å². The number of aryl methyl sites for hydroxylation is 8. The van der Waals surface area contributed by atoms with Crippen LogP contribution in [0.5, 0.6) is 5.75 Å². The van der Waals surface area contributed by atoms with Gasteiger partial charge in [0.05, 0.1) is 7.11 Å². The van der Waals surface area contributed by atoms with Crippen molar-refractivity contribution in [2.75, 3.05) is 12.8 Å². The lowest BCUT2D eigenvalue weighted by atomic mass is 10.0. The number of carbonyl (C=O) groups is 4. The summed E-state index contributed by atoms with van der Waals surface area (Å²) in [5.74, 6) is -0.933. The predicted octanol–water partition coefficient (Wildman–Crippen LogP) is 20.9. The van der Waals surface area contributed by atoms with Gasteiger partial charge in [0.1, 0.15) is 5.75 Å². The second-order valence-electron chi connectivity index (χ2n) is 23.4. The van der Waals surface area contributed by atoms with E-state index in [0.717, 1.165) is 63.9 Å². The zero-order chi connectivity index (χ0) is 72.0. The molecule has 0 spiro atoms. The normalized spacial score (nSPS) is 10.2. The van der Waals surface area contributed by atoms with E-state index in [1.54, 1.807) is 62.0 Å². The van der Waals surface area contributed by atoms with Crippen LogP contribution in [0.4, 0.5) is 5.69 Å². The highest BCUT2D eigenvalue weighted by molar-refractivity contribution is 6.32. The van der Waals surface area contributed by atoms with E-state index in [4.69, 9.17) is 79.8 Å². The Bertz CT molecular complexity index is 5140. The molecule has 0 aliphatic heterocycles. The molecule has 0 radical (unpaired) electrons. The monoisotopic (exact) mass is 1390 g/mol. The fourth-order valence-electron chi connectivity index (χ4n) is 10.6. The number of fused-ring (bicyclic) bond motifs is 6. The van der Waals surface area contributed by atoms with Crippen molar-refractivity contribution >= 4 is 140 Å². The first-order chi connectivity index (χ1) is 47.2. The highest BCUT2D eigenvalue weighted by atomic mass is 35.5. The Morgan fingerprint density at radius 1 is 0.313 bits per heavy atom. The number of hydrogen-bond acceptors (Lipinski definition) is 7. The second-order valence-corrected chi connectivity index (χ2v) is 25.2. The number of hydrogen-bond donors (Lipinski definition) is 5. The third kappa shape index (κ3) is 21.9. The van der Waals surface area contributed by atoms with Crippen LogP contribution >= 0.6 is 46.4 Å². The summed E-state index contributed by atoms with van der Waals surface area (Å²) in [5, 5.41) is 17.0. The van der Waals surface area contributed by atoms with E-state index in [0.29, 0.717) is 33.7 Å². The van der Waals surface area contributed by atoms with Crippen molar-refractivity contribution in [1.82, 2.24) is 4.98 Å². The van der Waals surface area contributed by atoms with Crippen LogP contribution in [0.2, 0.25) is 20.1 Å². The van der Waals surface area contributed by atoms with Crippen LogP contribution in [0.1, 0.15) is 85.9 Å². The number of nitrogens with zero attached hydrogens (tertiary/aromatic N) is 1. The number of primary amides is 4. The van der Waals surface area contributed by atoms with Crippen molar-refractivity contribution in [2.24, 2.45) is 22.9 Å². The van der Waals surface area contributed by atoms with E-state index in [1.165, 1.54) is 65.3 Å². The molecule has 502 valence electrons. The van der Waals surface area contributed by atoms with Crippen LogP contribution in [0.25, 0.3) is 64.6 Å². The highest BCUT2D eigenvalue weighted by Crippen LogP contribution is 2.27. The first-order valence-corrected chi connectivity index (χ1v) is 32.9. The van der Waals surface area contributed by atoms with E-state index in [1.807, 2.05) is 149 Å². The molecule has 0 atom stereocenters. The van der Waals surface area contributed by atoms with Crippen molar-refractivity contribution < 1.29 is 23.9 Å². The van der Waals surface area contributed by atoms with Gasteiger partial charge in [0, 0.05) is 71.2 Å². The van der Waals surface area contributed by atoms with Gasteiger partial charge >= 0.3 is 0 Å². The Morgan fingerprint density at radius 2 is 0.747 bits per heavy atom. The summed E-state index contributed by atoms with van der Waals surface area (Å²) in [5.41, 5.74) is 38.2. The average Bonchev–Trinajstić information content (AvgIpc) is 0.801. The molecule has 0 saturated carbocycles. The molecule has 99 heavy (non-hydrogen) atoms. The van der Waals surface area contributed by atoms with Gasteiger partial charge in [-0.05, 0) is 246 Å². The van der Waals surface area contributed by atoms with Gasteiger partial charge in [0.15, 0.2) is 0 Å². The number of halogens is 4. The third-order valence-corrected chi connectivity index (χ3v) is 16.9. The number of carbonyl (C=O) groups excluding carboxylic acids is 4. The lowest BCUT2D eigenvalue weighted by molar-refractivity contribution is 0.0991. The van der Waals surface area contributed by atoms with Crippen molar-refractivity contribution in [1.29, 1.82) is 0 Å². The quantitative estimate of drug-likeness (QED) is 0.105. The summed E-state index contributed by atoms with van der Waals surface area (Å²) in [4.78, 5) is 47.7. The lowest BCUT2D eigenvalue weighted by Crippen LogP contribution is -2.12. The fraction of sp³-hybridized carbons (Fsp3) is 0.107. The minimum Gasteiger partial charge on any atom is -0.497 e. The van der Waals surface area contributed by atoms with Crippen LogP contribution in [0.3, 0.4) is 0 Å². The van der Waals surface area contributed by atoms with E-state index in [-0.39, 0.29) is 11.8 Å². The van der Waals surface area contributed by atoms with Crippen LogP contribution < -0.4 is 33.4 Å². The maximum atomic E-state index is 11.1. The maximum Gasteiger partial charge on any atom is 0.249 e. The number of benzene rings is 13. The van der Waals surface area contributed by atoms with Gasteiger partial charge in [-0.1, -0.05) is 191 Å². The van der Waals surface area contributed by atoms with Gasteiger partial charge in [0.2, 0.25) is 23.6 Å². The Balaban J connectivity index is 0.000000159. The largest absolute Gasteiger partial charge is 0.497 e. The molecule has 1 heterocycles. The number of aromatic nitrogens is 1.